The number of nitrogens with zero attached hydrogens (tertiary/aromatic N) is 2. The van der Waals surface area contributed by atoms with Gasteiger partial charge in [0, 0.05) is 5.92 Å². The van der Waals surface area contributed by atoms with Crippen LogP contribution in [0.4, 0.5) is 5.69 Å². The highest BCUT2D eigenvalue weighted by Crippen LogP contribution is 2.46. The zero-order valence-electron chi connectivity index (χ0n) is 8.98. The van der Waals surface area contributed by atoms with Gasteiger partial charge in [-0.05, 0) is 36.5 Å². The molecular weight excluding hydrogens is 198 g/mol. The Morgan fingerprint density at radius 2 is 2.12 bits per heavy atom. The highest BCUT2D eigenvalue weighted by atomic mass is 14.9. The minimum Gasteiger partial charge on any atom is -0.387 e. The molecule has 80 valence electrons. The van der Waals surface area contributed by atoms with Crippen LogP contribution in [0.25, 0.3) is 0 Å². The van der Waals surface area contributed by atoms with Gasteiger partial charge in [-0.1, -0.05) is 12.5 Å². The van der Waals surface area contributed by atoms with Gasteiger partial charge >= 0.3 is 0 Å². The molecule has 3 rings (SSSR count). The van der Waals surface area contributed by atoms with Crippen molar-refractivity contribution in [1.29, 1.82) is 5.26 Å². The summed E-state index contributed by atoms with van der Waals surface area (Å²) >= 11 is 0. The van der Waals surface area contributed by atoms with Crippen molar-refractivity contribution in [3.63, 3.8) is 0 Å². The van der Waals surface area contributed by atoms with Crippen molar-refractivity contribution in [3.8, 4) is 6.07 Å². The largest absolute Gasteiger partial charge is 0.387 e. The van der Waals surface area contributed by atoms with Gasteiger partial charge in [-0.3, -0.25) is 0 Å². The molecule has 1 fully saturated rings. The molecule has 1 aliphatic heterocycles. The predicted octanol–water partition coefficient (Wildman–Crippen LogP) is 2.44. The van der Waals surface area contributed by atoms with E-state index in [9.17, 15) is 0 Å². The van der Waals surface area contributed by atoms with E-state index in [-0.39, 0.29) is 0 Å². The summed E-state index contributed by atoms with van der Waals surface area (Å²) in [4.78, 5) is 4.44. The molecule has 2 unspecified atom stereocenters. The summed E-state index contributed by atoms with van der Waals surface area (Å²) in [7, 11) is 0. The molecule has 0 bridgehead atoms. The number of amidine groups is 1. The number of nitrogens with two attached hydrogens (primary N) is 1. The molecule has 2 N–H and O–H groups in total. The third kappa shape index (κ3) is 1.23. The molecule has 2 atom stereocenters. The van der Waals surface area contributed by atoms with E-state index in [1.54, 1.807) is 0 Å². The normalized spacial score (nSPS) is 26.6. The molecule has 3 nitrogen and oxygen atoms in total. The fourth-order valence-electron chi connectivity index (χ4n) is 2.93. The van der Waals surface area contributed by atoms with E-state index in [4.69, 9.17) is 11.0 Å². The summed E-state index contributed by atoms with van der Waals surface area (Å²) in [6.45, 7) is 0. The second-order valence-electron chi connectivity index (χ2n) is 4.57. The maximum absolute atomic E-state index is 8.86. The van der Waals surface area contributed by atoms with Crippen LogP contribution in [0.15, 0.2) is 23.2 Å². The topological polar surface area (TPSA) is 62.2 Å². The first kappa shape index (κ1) is 9.41. The van der Waals surface area contributed by atoms with Crippen LogP contribution in [0.2, 0.25) is 0 Å². The fraction of sp³-hybridized carbons (Fsp3) is 0.385. The molecule has 0 saturated heterocycles. The smallest absolute Gasteiger partial charge is 0.103 e. The maximum atomic E-state index is 8.86. The first-order chi connectivity index (χ1) is 7.79. The molecule has 0 radical (unpaired) electrons. The lowest BCUT2D eigenvalue weighted by Crippen LogP contribution is -2.28. The van der Waals surface area contributed by atoms with E-state index in [0.717, 1.165) is 17.9 Å². The average molecular weight is 211 g/mol. The summed E-state index contributed by atoms with van der Waals surface area (Å²) in [5.41, 5.74) is 8.83. The Morgan fingerprint density at radius 1 is 1.31 bits per heavy atom. The summed E-state index contributed by atoms with van der Waals surface area (Å²) in [5, 5.41) is 8.86. The van der Waals surface area contributed by atoms with E-state index in [1.807, 2.05) is 18.2 Å². The first-order valence-electron chi connectivity index (χ1n) is 5.67. The van der Waals surface area contributed by atoms with Crippen LogP contribution < -0.4 is 5.73 Å². The Kier molecular flexibility index (Phi) is 1.97. The third-order valence-electron chi connectivity index (χ3n) is 3.70. The van der Waals surface area contributed by atoms with E-state index in [1.165, 1.54) is 18.4 Å². The van der Waals surface area contributed by atoms with Gasteiger partial charge < -0.3 is 5.73 Å². The lowest BCUT2D eigenvalue weighted by Gasteiger charge is -2.25. The number of nitriles is 1. The number of benzene rings is 1. The Bertz CT molecular complexity index is 510. The van der Waals surface area contributed by atoms with Gasteiger partial charge in [0.1, 0.15) is 5.84 Å². The van der Waals surface area contributed by atoms with Crippen LogP contribution in [0.3, 0.4) is 0 Å². The second-order valence-corrected chi connectivity index (χ2v) is 4.57. The van der Waals surface area contributed by atoms with Gasteiger partial charge in [0.2, 0.25) is 0 Å². The number of rotatable bonds is 0. The van der Waals surface area contributed by atoms with Crippen molar-refractivity contribution >= 4 is 11.5 Å². The minimum atomic E-state index is 0.431. The summed E-state index contributed by atoms with van der Waals surface area (Å²) in [6.07, 6.45) is 3.57. The first-order valence-corrected chi connectivity index (χ1v) is 5.67. The van der Waals surface area contributed by atoms with Gasteiger partial charge in [0.25, 0.3) is 0 Å². The van der Waals surface area contributed by atoms with Crippen molar-refractivity contribution in [2.75, 3.05) is 0 Å². The van der Waals surface area contributed by atoms with Gasteiger partial charge in [0.15, 0.2) is 0 Å². The van der Waals surface area contributed by atoms with Crippen LogP contribution in [-0.4, -0.2) is 5.84 Å². The van der Waals surface area contributed by atoms with Gasteiger partial charge in [-0.15, -0.1) is 0 Å². The molecule has 1 aromatic carbocycles. The van der Waals surface area contributed by atoms with Crippen LogP contribution in [0.5, 0.6) is 0 Å². The molecule has 1 aromatic rings. The molecule has 0 aromatic heterocycles. The van der Waals surface area contributed by atoms with E-state index < -0.39 is 0 Å². The lowest BCUT2D eigenvalue weighted by molar-refractivity contribution is 0.610. The average Bonchev–Trinajstić information content (AvgIpc) is 2.78. The van der Waals surface area contributed by atoms with Crippen molar-refractivity contribution < 1.29 is 0 Å². The van der Waals surface area contributed by atoms with Crippen LogP contribution >= 0.6 is 0 Å². The molecule has 1 saturated carbocycles. The van der Waals surface area contributed by atoms with E-state index >= 15 is 0 Å². The van der Waals surface area contributed by atoms with Crippen molar-refractivity contribution in [2.24, 2.45) is 16.6 Å². The molecule has 2 aliphatic rings. The lowest BCUT2D eigenvalue weighted by atomic mass is 9.84. The highest BCUT2D eigenvalue weighted by Gasteiger charge is 2.35. The summed E-state index contributed by atoms with van der Waals surface area (Å²) < 4.78 is 0. The number of hydrogen-bond donors (Lipinski definition) is 1. The van der Waals surface area contributed by atoms with Crippen molar-refractivity contribution in [2.45, 2.75) is 25.2 Å². The fourth-order valence-corrected chi connectivity index (χ4v) is 2.93. The summed E-state index contributed by atoms with van der Waals surface area (Å²) in [6, 6.07) is 7.91. The number of fused-ring (bicyclic) bond motifs is 3. The van der Waals surface area contributed by atoms with E-state index in [2.05, 4.69) is 11.1 Å². The number of hydrogen-bond acceptors (Lipinski definition) is 3. The third-order valence-corrected chi connectivity index (χ3v) is 3.70. The zero-order valence-corrected chi connectivity index (χ0v) is 8.98. The standard InChI is InChI=1S/C13H13N3/c14-7-8-4-5-10-9-2-1-3-11(9)13(15)16-12(10)6-8/h4-6,9,11H,1-3H2,(H2,15,16). The van der Waals surface area contributed by atoms with Gasteiger partial charge in [0.05, 0.1) is 17.3 Å². The van der Waals surface area contributed by atoms with Crippen LogP contribution in [0.1, 0.15) is 36.3 Å². The van der Waals surface area contributed by atoms with Crippen LogP contribution in [-0.2, 0) is 0 Å². The molecule has 1 aliphatic carbocycles. The predicted molar refractivity (Wildman–Crippen MR) is 62.5 cm³/mol. The Labute approximate surface area is 94.6 Å². The minimum absolute atomic E-state index is 0.431. The Balaban J connectivity index is 2.15. The van der Waals surface area contributed by atoms with Gasteiger partial charge in [-0.25, -0.2) is 4.99 Å². The quantitative estimate of drug-likeness (QED) is 0.716. The molecule has 3 heteroatoms. The molecule has 0 spiro atoms. The van der Waals surface area contributed by atoms with Crippen LogP contribution in [0, 0.1) is 17.2 Å². The van der Waals surface area contributed by atoms with Gasteiger partial charge in [-0.2, -0.15) is 5.26 Å². The van der Waals surface area contributed by atoms with E-state index in [0.29, 0.717) is 17.4 Å². The maximum Gasteiger partial charge on any atom is 0.103 e. The zero-order chi connectivity index (χ0) is 11.1. The second kappa shape index (κ2) is 3.34. The Hall–Kier alpha value is -1.82. The molecule has 16 heavy (non-hydrogen) atoms. The SMILES string of the molecule is N#Cc1ccc2c(c1)N=C(N)C1CCCC21. The molecular formula is C13H13N3. The Morgan fingerprint density at radius 3 is 2.94 bits per heavy atom. The van der Waals surface area contributed by atoms with Crippen molar-refractivity contribution in [3.05, 3.63) is 29.3 Å². The summed E-state index contributed by atoms with van der Waals surface area (Å²) in [5.74, 6) is 1.71. The molecule has 0 amide bonds. The monoisotopic (exact) mass is 211 g/mol. The van der Waals surface area contributed by atoms with Crippen molar-refractivity contribution in [1.82, 2.24) is 0 Å². The highest BCUT2D eigenvalue weighted by molar-refractivity contribution is 5.89. The number of aliphatic imine (C=N–C) groups is 1. The molecule has 1 heterocycles.